The molecule has 3 rings (SSSR count). The van der Waals surface area contributed by atoms with Crippen molar-refractivity contribution in [3.8, 4) is 0 Å². The number of hydrogen-bond donors (Lipinski definition) is 2. The first-order valence-electron chi connectivity index (χ1n) is 5.77. The first-order valence-corrected chi connectivity index (χ1v) is 5.77. The monoisotopic (exact) mass is 229 g/mol. The van der Waals surface area contributed by atoms with Gasteiger partial charge in [0, 0.05) is 30.6 Å². The van der Waals surface area contributed by atoms with Gasteiger partial charge in [-0.05, 0) is 18.7 Å². The van der Waals surface area contributed by atoms with Crippen LogP contribution in [0, 0.1) is 0 Å². The Bertz CT molecular complexity index is 600. The molecule has 1 aliphatic heterocycles. The highest BCUT2D eigenvalue weighted by Crippen LogP contribution is 2.28. The molecule has 0 saturated heterocycles. The molecule has 2 heterocycles. The second-order valence-corrected chi connectivity index (χ2v) is 4.66. The molecular weight excluding hydrogens is 214 g/mol. The average molecular weight is 229 g/mol. The van der Waals surface area contributed by atoms with Gasteiger partial charge < -0.3 is 15.6 Å². The van der Waals surface area contributed by atoms with Crippen molar-refractivity contribution in [2.45, 2.75) is 13.0 Å². The highest BCUT2D eigenvalue weighted by atomic mass is 16.1. The number of primary amides is 1. The Labute approximate surface area is 99.4 Å². The SMILES string of the molecule is CN1CCc2[nH]c3c(C(N)=O)cccc3c2C1. The fraction of sp³-hybridized carbons (Fsp3) is 0.308. The molecule has 88 valence electrons. The predicted octanol–water partition coefficient (Wildman–Crippen LogP) is 1.25. The Balaban J connectivity index is 2.28. The van der Waals surface area contributed by atoms with Gasteiger partial charge in [-0.15, -0.1) is 0 Å². The van der Waals surface area contributed by atoms with Crippen LogP contribution in [0.25, 0.3) is 10.9 Å². The summed E-state index contributed by atoms with van der Waals surface area (Å²) in [6.45, 7) is 1.98. The van der Waals surface area contributed by atoms with Crippen molar-refractivity contribution in [3.63, 3.8) is 0 Å². The van der Waals surface area contributed by atoms with E-state index in [-0.39, 0.29) is 5.91 Å². The molecule has 0 fully saturated rings. The minimum absolute atomic E-state index is 0.373. The lowest BCUT2D eigenvalue weighted by atomic mass is 10.0. The van der Waals surface area contributed by atoms with Gasteiger partial charge in [0.05, 0.1) is 11.1 Å². The van der Waals surface area contributed by atoms with E-state index in [4.69, 9.17) is 5.73 Å². The Kier molecular flexibility index (Phi) is 2.19. The number of aromatic nitrogens is 1. The van der Waals surface area contributed by atoms with Crippen LogP contribution in [0.1, 0.15) is 21.6 Å². The molecule has 2 aromatic rings. The number of carbonyl (C=O) groups excluding carboxylic acids is 1. The zero-order valence-electron chi connectivity index (χ0n) is 9.79. The molecule has 17 heavy (non-hydrogen) atoms. The third kappa shape index (κ3) is 1.52. The molecule has 1 aliphatic rings. The van der Waals surface area contributed by atoms with Gasteiger partial charge in [-0.25, -0.2) is 0 Å². The van der Waals surface area contributed by atoms with Crippen LogP contribution in [0.2, 0.25) is 0 Å². The van der Waals surface area contributed by atoms with Crippen molar-refractivity contribution in [1.29, 1.82) is 0 Å². The minimum Gasteiger partial charge on any atom is -0.366 e. The van der Waals surface area contributed by atoms with Crippen LogP contribution in [0.5, 0.6) is 0 Å². The summed E-state index contributed by atoms with van der Waals surface area (Å²) < 4.78 is 0. The summed E-state index contributed by atoms with van der Waals surface area (Å²) >= 11 is 0. The molecule has 0 aliphatic carbocycles. The van der Waals surface area contributed by atoms with Crippen LogP contribution < -0.4 is 5.73 Å². The molecule has 0 saturated carbocycles. The van der Waals surface area contributed by atoms with Crippen LogP contribution in [-0.4, -0.2) is 29.4 Å². The van der Waals surface area contributed by atoms with E-state index in [2.05, 4.69) is 23.0 Å². The number of carbonyl (C=O) groups is 1. The first-order chi connectivity index (χ1) is 8.16. The number of nitrogens with one attached hydrogen (secondary N) is 1. The molecule has 0 atom stereocenters. The van der Waals surface area contributed by atoms with Gasteiger partial charge in [-0.2, -0.15) is 0 Å². The third-order valence-electron chi connectivity index (χ3n) is 3.47. The standard InChI is InChI=1S/C13H15N3O/c1-16-6-5-11-10(7-16)8-3-2-4-9(13(14)17)12(8)15-11/h2-4,15H,5-7H2,1H3,(H2,14,17). The number of nitrogens with zero attached hydrogens (tertiary/aromatic N) is 1. The lowest BCUT2D eigenvalue weighted by molar-refractivity contribution is 0.100. The number of amides is 1. The van der Waals surface area contributed by atoms with Crippen molar-refractivity contribution in [2.24, 2.45) is 5.73 Å². The van der Waals surface area contributed by atoms with Gasteiger partial charge in [-0.1, -0.05) is 12.1 Å². The minimum atomic E-state index is -0.373. The van der Waals surface area contributed by atoms with Crippen LogP contribution >= 0.6 is 0 Å². The number of benzene rings is 1. The molecule has 1 aromatic heterocycles. The maximum atomic E-state index is 11.4. The maximum absolute atomic E-state index is 11.4. The van der Waals surface area contributed by atoms with E-state index >= 15 is 0 Å². The van der Waals surface area contributed by atoms with Gasteiger partial charge >= 0.3 is 0 Å². The van der Waals surface area contributed by atoms with Crippen molar-refractivity contribution in [3.05, 3.63) is 35.0 Å². The number of rotatable bonds is 1. The predicted molar refractivity (Wildman–Crippen MR) is 66.9 cm³/mol. The molecule has 3 N–H and O–H groups in total. The number of aromatic amines is 1. The zero-order chi connectivity index (χ0) is 12.0. The number of H-pyrrole nitrogens is 1. The number of nitrogens with two attached hydrogens (primary N) is 1. The van der Waals surface area contributed by atoms with E-state index in [0.29, 0.717) is 5.56 Å². The van der Waals surface area contributed by atoms with E-state index in [1.165, 1.54) is 11.3 Å². The zero-order valence-corrected chi connectivity index (χ0v) is 9.79. The summed E-state index contributed by atoms with van der Waals surface area (Å²) in [7, 11) is 2.11. The van der Waals surface area contributed by atoms with Crippen LogP contribution in [0.3, 0.4) is 0 Å². The molecule has 0 unspecified atom stereocenters. The van der Waals surface area contributed by atoms with Gasteiger partial charge in [0.2, 0.25) is 0 Å². The van der Waals surface area contributed by atoms with E-state index < -0.39 is 0 Å². The van der Waals surface area contributed by atoms with Crippen molar-refractivity contribution in [2.75, 3.05) is 13.6 Å². The van der Waals surface area contributed by atoms with Crippen LogP contribution in [0.15, 0.2) is 18.2 Å². The summed E-state index contributed by atoms with van der Waals surface area (Å²) in [6, 6.07) is 5.72. The quantitative estimate of drug-likeness (QED) is 0.773. The van der Waals surface area contributed by atoms with Gasteiger partial charge in [0.15, 0.2) is 0 Å². The van der Waals surface area contributed by atoms with Crippen molar-refractivity contribution >= 4 is 16.8 Å². The average Bonchev–Trinajstić information content (AvgIpc) is 2.66. The molecule has 4 nitrogen and oxygen atoms in total. The van der Waals surface area contributed by atoms with Crippen LogP contribution in [0.4, 0.5) is 0 Å². The van der Waals surface area contributed by atoms with E-state index in [9.17, 15) is 4.79 Å². The fourth-order valence-electron chi connectivity index (χ4n) is 2.58. The second kappa shape index (κ2) is 3.60. The van der Waals surface area contributed by atoms with Crippen LogP contribution in [-0.2, 0) is 13.0 Å². The molecule has 0 radical (unpaired) electrons. The summed E-state index contributed by atoms with van der Waals surface area (Å²) in [4.78, 5) is 17.0. The molecule has 1 amide bonds. The van der Waals surface area contributed by atoms with Gasteiger partial charge in [0.1, 0.15) is 0 Å². The lowest BCUT2D eigenvalue weighted by Gasteiger charge is -2.22. The molecule has 0 spiro atoms. The molecule has 4 heteroatoms. The summed E-state index contributed by atoms with van der Waals surface area (Å²) in [5.74, 6) is -0.373. The largest absolute Gasteiger partial charge is 0.366 e. The number of hydrogen-bond acceptors (Lipinski definition) is 2. The highest BCUT2D eigenvalue weighted by Gasteiger charge is 2.20. The Morgan fingerprint density at radius 2 is 2.29 bits per heavy atom. The molecular formula is C13H15N3O. The van der Waals surface area contributed by atoms with E-state index in [0.717, 1.165) is 30.4 Å². The van der Waals surface area contributed by atoms with Gasteiger partial charge in [-0.3, -0.25) is 4.79 Å². The summed E-state index contributed by atoms with van der Waals surface area (Å²) in [5, 5.41) is 1.13. The molecule has 0 bridgehead atoms. The molecule has 1 aromatic carbocycles. The fourth-order valence-corrected chi connectivity index (χ4v) is 2.58. The second-order valence-electron chi connectivity index (χ2n) is 4.66. The number of likely N-dealkylation sites (N-methyl/N-ethyl adjacent to an activating group) is 1. The topological polar surface area (TPSA) is 62.1 Å². The maximum Gasteiger partial charge on any atom is 0.250 e. The first kappa shape index (κ1) is 10.4. The van der Waals surface area contributed by atoms with Crippen molar-refractivity contribution < 1.29 is 4.79 Å². The van der Waals surface area contributed by atoms with E-state index in [1.807, 2.05) is 6.07 Å². The third-order valence-corrected chi connectivity index (χ3v) is 3.47. The van der Waals surface area contributed by atoms with E-state index in [1.54, 1.807) is 6.07 Å². The Morgan fingerprint density at radius 1 is 1.47 bits per heavy atom. The van der Waals surface area contributed by atoms with Gasteiger partial charge in [0.25, 0.3) is 5.91 Å². The summed E-state index contributed by atoms with van der Waals surface area (Å²) in [5.41, 5.74) is 9.41. The highest BCUT2D eigenvalue weighted by molar-refractivity contribution is 6.06. The number of para-hydroxylation sites is 1. The number of fused-ring (bicyclic) bond motifs is 3. The Hall–Kier alpha value is -1.81. The normalized spacial score (nSPS) is 16.1. The van der Waals surface area contributed by atoms with Crippen molar-refractivity contribution in [1.82, 2.24) is 9.88 Å². The lowest BCUT2D eigenvalue weighted by Crippen LogP contribution is -2.25. The summed E-state index contributed by atoms with van der Waals surface area (Å²) in [6.07, 6.45) is 0.999. The Morgan fingerprint density at radius 3 is 3.06 bits per heavy atom. The smallest absolute Gasteiger partial charge is 0.250 e.